The first-order valence-corrected chi connectivity index (χ1v) is 6.26. The van der Waals surface area contributed by atoms with E-state index in [-0.39, 0.29) is 24.1 Å². The summed E-state index contributed by atoms with van der Waals surface area (Å²) in [6.45, 7) is 4.59. The fourth-order valence-electron chi connectivity index (χ4n) is 1.73. The van der Waals surface area contributed by atoms with E-state index < -0.39 is 6.04 Å². The van der Waals surface area contributed by atoms with E-state index in [1.807, 2.05) is 13.8 Å². The first-order chi connectivity index (χ1) is 8.49. The normalized spacial score (nSPS) is 11.8. The van der Waals surface area contributed by atoms with Gasteiger partial charge >= 0.3 is 0 Å². The zero-order valence-electron chi connectivity index (χ0n) is 11.4. The maximum Gasteiger partial charge on any atom is 0.236 e. The molecule has 0 aliphatic heterocycles. The smallest absolute Gasteiger partial charge is 0.236 e. The summed E-state index contributed by atoms with van der Waals surface area (Å²) in [5.74, 6) is 0.0374. The third-order valence-electron chi connectivity index (χ3n) is 2.69. The van der Waals surface area contributed by atoms with Crippen LogP contribution in [0.2, 0.25) is 0 Å². The van der Waals surface area contributed by atoms with E-state index >= 15 is 0 Å². The molecule has 0 saturated heterocycles. The van der Waals surface area contributed by atoms with Crippen LogP contribution in [0.15, 0.2) is 24.3 Å². The Morgan fingerprint density at radius 1 is 1.32 bits per heavy atom. The van der Waals surface area contributed by atoms with Crippen molar-refractivity contribution in [2.24, 2.45) is 11.7 Å². The van der Waals surface area contributed by atoms with Crippen molar-refractivity contribution < 1.29 is 9.18 Å². The summed E-state index contributed by atoms with van der Waals surface area (Å²) in [6, 6.07) is 5.83. The molecule has 0 aromatic heterocycles. The molecule has 1 rings (SSSR count). The molecule has 19 heavy (non-hydrogen) atoms. The fourth-order valence-corrected chi connectivity index (χ4v) is 1.73. The minimum atomic E-state index is -0.446. The molecule has 0 aliphatic carbocycles. The van der Waals surface area contributed by atoms with E-state index in [0.717, 1.165) is 5.56 Å². The number of amides is 1. The van der Waals surface area contributed by atoms with Crippen molar-refractivity contribution in [1.82, 2.24) is 5.32 Å². The van der Waals surface area contributed by atoms with E-state index in [2.05, 4.69) is 5.32 Å². The maximum absolute atomic E-state index is 12.7. The Hall–Kier alpha value is -1.13. The number of halogens is 2. The van der Waals surface area contributed by atoms with Gasteiger partial charge in [-0.15, -0.1) is 12.4 Å². The predicted octanol–water partition coefficient (Wildman–Crippen LogP) is 2.28. The van der Waals surface area contributed by atoms with Crippen LogP contribution in [0.25, 0.3) is 0 Å². The van der Waals surface area contributed by atoms with Gasteiger partial charge in [-0.05, 0) is 36.5 Å². The first-order valence-electron chi connectivity index (χ1n) is 6.26. The lowest BCUT2D eigenvalue weighted by molar-refractivity contribution is -0.122. The van der Waals surface area contributed by atoms with Crippen molar-refractivity contribution >= 4 is 18.3 Å². The Bertz CT molecular complexity index is 382. The van der Waals surface area contributed by atoms with E-state index in [9.17, 15) is 9.18 Å². The number of hydrogen-bond acceptors (Lipinski definition) is 2. The second-order valence-electron chi connectivity index (χ2n) is 4.90. The van der Waals surface area contributed by atoms with Crippen LogP contribution in [-0.4, -0.2) is 18.5 Å². The second-order valence-corrected chi connectivity index (χ2v) is 4.90. The Morgan fingerprint density at radius 2 is 1.89 bits per heavy atom. The van der Waals surface area contributed by atoms with Gasteiger partial charge < -0.3 is 11.1 Å². The van der Waals surface area contributed by atoms with Gasteiger partial charge in [0.15, 0.2) is 0 Å². The quantitative estimate of drug-likeness (QED) is 0.844. The number of nitrogens with one attached hydrogen (secondary N) is 1. The van der Waals surface area contributed by atoms with Gasteiger partial charge in [0, 0.05) is 6.54 Å². The van der Waals surface area contributed by atoms with Crippen LogP contribution in [0.1, 0.15) is 25.8 Å². The van der Waals surface area contributed by atoms with Crippen molar-refractivity contribution in [2.75, 3.05) is 6.54 Å². The minimum Gasteiger partial charge on any atom is -0.354 e. The molecule has 1 amide bonds. The van der Waals surface area contributed by atoms with Crippen molar-refractivity contribution in [2.45, 2.75) is 32.7 Å². The molecule has 3 N–H and O–H groups in total. The molecule has 0 fully saturated rings. The highest BCUT2D eigenvalue weighted by Gasteiger charge is 2.13. The topological polar surface area (TPSA) is 55.1 Å². The van der Waals surface area contributed by atoms with Gasteiger partial charge in [-0.1, -0.05) is 26.0 Å². The lowest BCUT2D eigenvalue weighted by Gasteiger charge is -2.14. The van der Waals surface area contributed by atoms with Gasteiger partial charge in [-0.25, -0.2) is 4.39 Å². The molecule has 0 spiro atoms. The van der Waals surface area contributed by atoms with Crippen molar-refractivity contribution in [1.29, 1.82) is 0 Å². The third kappa shape index (κ3) is 7.13. The highest BCUT2D eigenvalue weighted by molar-refractivity contribution is 5.85. The third-order valence-corrected chi connectivity index (χ3v) is 2.69. The zero-order valence-corrected chi connectivity index (χ0v) is 12.2. The van der Waals surface area contributed by atoms with E-state index in [4.69, 9.17) is 5.73 Å². The minimum absolute atomic E-state index is 0. The van der Waals surface area contributed by atoms with Gasteiger partial charge in [0.2, 0.25) is 5.91 Å². The Morgan fingerprint density at radius 3 is 2.42 bits per heavy atom. The molecule has 1 atom stereocenters. The van der Waals surface area contributed by atoms with Crippen LogP contribution in [0, 0.1) is 11.7 Å². The molecule has 0 unspecified atom stereocenters. The summed E-state index contributed by atoms with van der Waals surface area (Å²) in [7, 11) is 0. The van der Waals surface area contributed by atoms with E-state index in [0.29, 0.717) is 25.3 Å². The van der Waals surface area contributed by atoms with Crippen LogP contribution in [-0.2, 0) is 11.2 Å². The standard InChI is InChI=1S/C14H21FN2O.ClH/c1-10(2)9-13(16)14(18)17-8-7-11-3-5-12(15)6-4-11;/h3-6,10,13H,7-9,16H2,1-2H3,(H,17,18);1H/t13-;/m0./s1. The SMILES string of the molecule is CC(C)C[C@H](N)C(=O)NCCc1ccc(F)cc1.Cl. The van der Waals surface area contributed by atoms with Crippen LogP contribution in [0.3, 0.4) is 0 Å². The van der Waals surface area contributed by atoms with Crippen LogP contribution in [0.5, 0.6) is 0 Å². The Labute approximate surface area is 120 Å². The summed E-state index contributed by atoms with van der Waals surface area (Å²) in [4.78, 5) is 11.6. The van der Waals surface area contributed by atoms with Crippen molar-refractivity contribution in [3.8, 4) is 0 Å². The predicted molar refractivity (Wildman–Crippen MR) is 77.8 cm³/mol. The molecule has 3 nitrogen and oxygen atoms in total. The molecule has 108 valence electrons. The van der Waals surface area contributed by atoms with Gasteiger partial charge in [-0.3, -0.25) is 4.79 Å². The summed E-state index contributed by atoms with van der Waals surface area (Å²) in [5, 5.41) is 2.79. The average molecular weight is 289 g/mol. The number of nitrogens with two attached hydrogens (primary N) is 1. The average Bonchev–Trinajstić information content (AvgIpc) is 2.30. The van der Waals surface area contributed by atoms with Crippen LogP contribution < -0.4 is 11.1 Å². The van der Waals surface area contributed by atoms with Crippen LogP contribution >= 0.6 is 12.4 Å². The maximum atomic E-state index is 12.7. The largest absolute Gasteiger partial charge is 0.354 e. The first kappa shape index (κ1) is 17.9. The fraction of sp³-hybridized carbons (Fsp3) is 0.500. The lowest BCUT2D eigenvalue weighted by Crippen LogP contribution is -2.42. The molecule has 0 radical (unpaired) electrons. The molecule has 0 saturated carbocycles. The Balaban J connectivity index is 0.00000324. The molecule has 1 aromatic carbocycles. The molecule has 5 heteroatoms. The molecule has 0 heterocycles. The number of hydrogen-bond donors (Lipinski definition) is 2. The number of benzene rings is 1. The summed E-state index contributed by atoms with van der Waals surface area (Å²) in [6.07, 6.45) is 1.36. The Kier molecular flexibility index (Phi) is 8.35. The number of rotatable bonds is 6. The summed E-state index contributed by atoms with van der Waals surface area (Å²) >= 11 is 0. The number of carbonyl (C=O) groups is 1. The lowest BCUT2D eigenvalue weighted by atomic mass is 10.0. The van der Waals surface area contributed by atoms with Gasteiger partial charge in [0.1, 0.15) is 5.82 Å². The summed E-state index contributed by atoms with van der Waals surface area (Å²) in [5.41, 5.74) is 6.75. The van der Waals surface area contributed by atoms with E-state index in [1.54, 1.807) is 12.1 Å². The van der Waals surface area contributed by atoms with Gasteiger partial charge in [-0.2, -0.15) is 0 Å². The van der Waals surface area contributed by atoms with Crippen molar-refractivity contribution in [3.05, 3.63) is 35.6 Å². The van der Waals surface area contributed by atoms with E-state index in [1.165, 1.54) is 12.1 Å². The van der Waals surface area contributed by atoms with Gasteiger partial charge in [0.05, 0.1) is 6.04 Å². The highest BCUT2D eigenvalue weighted by atomic mass is 35.5. The zero-order chi connectivity index (χ0) is 13.5. The number of carbonyl (C=O) groups excluding carboxylic acids is 1. The monoisotopic (exact) mass is 288 g/mol. The summed E-state index contributed by atoms with van der Waals surface area (Å²) < 4.78 is 12.7. The van der Waals surface area contributed by atoms with Crippen LogP contribution in [0.4, 0.5) is 4.39 Å². The molecule has 0 aliphatic rings. The molecule has 0 bridgehead atoms. The van der Waals surface area contributed by atoms with Gasteiger partial charge in [0.25, 0.3) is 0 Å². The molecule has 1 aromatic rings. The van der Waals surface area contributed by atoms with Crippen molar-refractivity contribution in [3.63, 3.8) is 0 Å². The highest BCUT2D eigenvalue weighted by Crippen LogP contribution is 2.04. The molecular weight excluding hydrogens is 267 g/mol. The molecular formula is C14H22ClFN2O. The second kappa shape index (κ2) is 8.88.